The standard InChI is InChI=1S/C12H24N2O5/c1-12(2,8-15)14(3)11(18)13-9(10(16)17)6-5-7-19-4/h9,15H,5-8H2,1-4H3,(H,13,18)(H,16,17). The molecule has 0 aromatic heterocycles. The van der Waals surface area contributed by atoms with Crippen molar-refractivity contribution in [2.24, 2.45) is 0 Å². The molecule has 112 valence electrons. The van der Waals surface area contributed by atoms with Crippen LogP contribution in [0.15, 0.2) is 0 Å². The van der Waals surface area contributed by atoms with Gasteiger partial charge >= 0.3 is 12.0 Å². The molecule has 0 aliphatic carbocycles. The second-order valence-corrected chi connectivity index (χ2v) is 5.00. The van der Waals surface area contributed by atoms with Gasteiger partial charge in [0.1, 0.15) is 6.04 Å². The lowest BCUT2D eigenvalue weighted by atomic mass is 10.1. The third-order valence-corrected chi connectivity index (χ3v) is 3.04. The minimum Gasteiger partial charge on any atom is -0.480 e. The zero-order valence-corrected chi connectivity index (χ0v) is 12.0. The molecule has 3 N–H and O–H groups in total. The molecule has 7 heteroatoms. The second kappa shape index (κ2) is 7.96. The number of carboxylic acid groups (broad SMARTS) is 1. The Morgan fingerprint density at radius 3 is 2.42 bits per heavy atom. The number of likely N-dealkylation sites (N-methyl/N-ethyl adjacent to an activating group) is 1. The number of hydrogen-bond acceptors (Lipinski definition) is 4. The van der Waals surface area contributed by atoms with Crippen LogP contribution in [0, 0.1) is 0 Å². The summed E-state index contributed by atoms with van der Waals surface area (Å²) < 4.78 is 4.85. The second-order valence-electron chi connectivity index (χ2n) is 5.00. The third-order valence-electron chi connectivity index (χ3n) is 3.04. The summed E-state index contributed by atoms with van der Waals surface area (Å²) >= 11 is 0. The fraction of sp³-hybridized carbons (Fsp3) is 0.833. The molecule has 2 amide bonds. The van der Waals surface area contributed by atoms with Gasteiger partial charge in [-0.05, 0) is 26.7 Å². The van der Waals surface area contributed by atoms with Gasteiger partial charge in [-0.25, -0.2) is 9.59 Å². The van der Waals surface area contributed by atoms with Crippen LogP contribution in [0.3, 0.4) is 0 Å². The predicted octanol–water partition coefficient (Wildman–Crippen LogP) is 0.279. The maximum absolute atomic E-state index is 11.9. The summed E-state index contributed by atoms with van der Waals surface area (Å²) in [5.41, 5.74) is -0.750. The summed E-state index contributed by atoms with van der Waals surface area (Å²) in [5.74, 6) is -1.08. The fourth-order valence-corrected chi connectivity index (χ4v) is 1.32. The Bertz CT molecular complexity index is 306. The van der Waals surface area contributed by atoms with Crippen molar-refractivity contribution >= 4 is 12.0 Å². The normalized spacial score (nSPS) is 12.9. The molecule has 0 saturated heterocycles. The molecule has 0 aliphatic heterocycles. The van der Waals surface area contributed by atoms with Gasteiger partial charge in [0.05, 0.1) is 12.1 Å². The zero-order chi connectivity index (χ0) is 15.1. The van der Waals surface area contributed by atoms with Gasteiger partial charge in [-0.2, -0.15) is 0 Å². The molecule has 0 heterocycles. The number of carboxylic acids is 1. The van der Waals surface area contributed by atoms with E-state index in [1.807, 2.05) is 0 Å². The van der Waals surface area contributed by atoms with Crippen molar-refractivity contribution in [1.82, 2.24) is 10.2 Å². The van der Waals surface area contributed by atoms with Crippen LogP contribution in [-0.2, 0) is 9.53 Å². The largest absolute Gasteiger partial charge is 0.480 e. The maximum Gasteiger partial charge on any atom is 0.326 e. The van der Waals surface area contributed by atoms with Crippen molar-refractivity contribution < 1.29 is 24.5 Å². The number of nitrogens with zero attached hydrogens (tertiary/aromatic N) is 1. The molecule has 0 radical (unpaired) electrons. The molecule has 7 nitrogen and oxygen atoms in total. The molecule has 0 rings (SSSR count). The molecular weight excluding hydrogens is 252 g/mol. The Labute approximate surface area is 113 Å². The quantitative estimate of drug-likeness (QED) is 0.553. The molecule has 0 bridgehead atoms. The summed E-state index contributed by atoms with van der Waals surface area (Å²) in [6.45, 7) is 3.61. The van der Waals surface area contributed by atoms with E-state index in [0.717, 1.165) is 0 Å². The molecular formula is C12H24N2O5. The van der Waals surface area contributed by atoms with E-state index in [9.17, 15) is 14.7 Å². The van der Waals surface area contributed by atoms with Crippen LogP contribution in [-0.4, -0.2) is 66.1 Å². The van der Waals surface area contributed by atoms with Crippen molar-refractivity contribution in [1.29, 1.82) is 0 Å². The molecule has 1 atom stereocenters. The van der Waals surface area contributed by atoms with E-state index in [0.29, 0.717) is 19.4 Å². The van der Waals surface area contributed by atoms with Crippen LogP contribution in [0.5, 0.6) is 0 Å². The summed E-state index contributed by atoms with van der Waals surface area (Å²) in [7, 11) is 3.05. The zero-order valence-electron chi connectivity index (χ0n) is 12.0. The molecule has 0 fully saturated rings. The van der Waals surface area contributed by atoms with Gasteiger partial charge in [-0.1, -0.05) is 0 Å². The molecule has 0 aliphatic rings. The topological polar surface area (TPSA) is 99.1 Å². The number of carbonyl (C=O) groups is 2. The van der Waals surface area contributed by atoms with Crippen LogP contribution < -0.4 is 5.32 Å². The third kappa shape index (κ3) is 5.89. The number of amides is 2. The summed E-state index contributed by atoms with van der Waals surface area (Å²) in [4.78, 5) is 24.2. The molecule has 0 aromatic carbocycles. The number of urea groups is 1. The highest BCUT2D eigenvalue weighted by Crippen LogP contribution is 2.11. The van der Waals surface area contributed by atoms with E-state index in [1.54, 1.807) is 13.8 Å². The lowest BCUT2D eigenvalue weighted by molar-refractivity contribution is -0.139. The van der Waals surface area contributed by atoms with Crippen LogP contribution in [0.4, 0.5) is 4.79 Å². The Morgan fingerprint density at radius 1 is 1.42 bits per heavy atom. The van der Waals surface area contributed by atoms with Crippen molar-refractivity contribution in [3.63, 3.8) is 0 Å². The Kier molecular flexibility index (Phi) is 7.40. The predicted molar refractivity (Wildman–Crippen MR) is 70.0 cm³/mol. The number of carbonyl (C=O) groups excluding carboxylic acids is 1. The fourth-order valence-electron chi connectivity index (χ4n) is 1.32. The van der Waals surface area contributed by atoms with Crippen molar-refractivity contribution in [2.75, 3.05) is 27.4 Å². The number of aliphatic carboxylic acids is 1. The summed E-state index contributed by atoms with van der Waals surface area (Å²) in [6, 6.07) is -1.48. The molecule has 0 spiro atoms. The first kappa shape index (κ1) is 17.7. The van der Waals surface area contributed by atoms with Crippen molar-refractivity contribution in [3.05, 3.63) is 0 Å². The highest BCUT2D eigenvalue weighted by molar-refractivity contribution is 5.82. The van der Waals surface area contributed by atoms with Gasteiger partial charge in [0.15, 0.2) is 0 Å². The van der Waals surface area contributed by atoms with Crippen LogP contribution in [0.25, 0.3) is 0 Å². The highest BCUT2D eigenvalue weighted by atomic mass is 16.5. The van der Waals surface area contributed by atoms with Gasteiger partial charge in [0.25, 0.3) is 0 Å². The van der Waals surface area contributed by atoms with Gasteiger partial charge in [-0.15, -0.1) is 0 Å². The van der Waals surface area contributed by atoms with Crippen molar-refractivity contribution in [2.45, 2.75) is 38.3 Å². The Balaban J connectivity index is 4.50. The first-order chi connectivity index (χ1) is 8.76. The molecule has 0 saturated carbocycles. The number of methoxy groups -OCH3 is 1. The van der Waals surface area contributed by atoms with Gasteiger partial charge in [0, 0.05) is 20.8 Å². The minimum atomic E-state index is -1.08. The Morgan fingerprint density at radius 2 is 2.00 bits per heavy atom. The van der Waals surface area contributed by atoms with E-state index >= 15 is 0 Å². The van der Waals surface area contributed by atoms with E-state index in [-0.39, 0.29) is 6.61 Å². The first-order valence-corrected chi connectivity index (χ1v) is 6.13. The minimum absolute atomic E-state index is 0.210. The molecule has 0 aromatic rings. The van der Waals surface area contributed by atoms with Gasteiger partial charge < -0.3 is 25.2 Å². The van der Waals surface area contributed by atoms with Gasteiger partial charge in [0.2, 0.25) is 0 Å². The van der Waals surface area contributed by atoms with E-state index in [1.165, 1.54) is 19.1 Å². The number of nitrogens with one attached hydrogen (secondary N) is 1. The van der Waals surface area contributed by atoms with E-state index in [2.05, 4.69) is 5.32 Å². The van der Waals surface area contributed by atoms with E-state index < -0.39 is 23.6 Å². The number of aliphatic hydroxyl groups excluding tert-OH is 1. The average molecular weight is 276 g/mol. The smallest absolute Gasteiger partial charge is 0.326 e. The number of hydrogen-bond donors (Lipinski definition) is 3. The maximum atomic E-state index is 11.9. The monoisotopic (exact) mass is 276 g/mol. The summed E-state index contributed by atoms with van der Waals surface area (Å²) in [6.07, 6.45) is 0.836. The van der Waals surface area contributed by atoms with Crippen LogP contribution in [0.2, 0.25) is 0 Å². The van der Waals surface area contributed by atoms with Crippen LogP contribution >= 0.6 is 0 Å². The SMILES string of the molecule is COCCCC(NC(=O)N(C)C(C)(C)CO)C(=O)O. The number of rotatable bonds is 8. The van der Waals surface area contributed by atoms with E-state index in [4.69, 9.17) is 9.84 Å². The first-order valence-electron chi connectivity index (χ1n) is 6.13. The lowest BCUT2D eigenvalue weighted by Gasteiger charge is -2.34. The molecule has 19 heavy (non-hydrogen) atoms. The Hall–Kier alpha value is -1.34. The highest BCUT2D eigenvalue weighted by Gasteiger charge is 2.29. The number of aliphatic hydroxyl groups is 1. The summed E-state index contributed by atoms with van der Waals surface area (Å²) in [5, 5.41) is 20.7. The van der Waals surface area contributed by atoms with Gasteiger partial charge in [-0.3, -0.25) is 0 Å². The lowest BCUT2D eigenvalue weighted by Crippen LogP contribution is -2.55. The number of ether oxygens (including phenoxy) is 1. The average Bonchev–Trinajstić information content (AvgIpc) is 2.36. The van der Waals surface area contributed by atoms with Crippen molar-refractivity contribution in [3.8, 4) is 0 Å². The van der Waals surface area contributed by atoms with Crippen LogP contribution in [0.1, 0.15) is 26.7 Å². The molecule has 1 unspecified atom stereocenters.